The van der Waals surface area contributed by atoms with Gasteiger partial charge in [0.05, 0.1) is 11.0 Å². The minimum absolute atomic E-state index is 0.143. The second kappa shape index (κ2) is 12.3. The molecule has 1 heterocycles. The van der Waals surface area contributed by atoms with Crippen LogP contribution in [0.5, 0.6) is 0 Å². The first-order chi connectivity index (χ1) is 26.1. The van der Waals surface area contributed by atoms with Crippen LogP contribution in [-0.2, 0) is 5.41 Å². The Morgan fingerprint density at radius 1 is 0.396 bits per heavy atom. The van der Waals surface area contributed by atoms with Crippen molar-refractivity contribution in [2.75, 3.05) is 4.90 Å². The van der Waals surface area contributed by atoms with Crippen LogP contribution in [0.1, 0.15) is 25.0 Å². The molecule has 0 fully saturated rings. The van der Waals surface area contributed by atoms with Gasteiger partial charge < -0.3 is 9.47 Å². The molecule has 2 nitrogen and oxygen atoms in total. The number of anilines is 3. The van der Waals surface area contributed by atoms with Crippen molar-refractivity contribution in [1.82, 2.24) is 4.57 Å². The molecule has 0 unspecified atom stereocenters. The van der Waals surface area contributed by atoms with Crippen molar-refractivity contribution in [3.05, 3.63) is 205 Å². The van der Waals surface area contributed by atoms with Crippen LogP contribution in [0.25, 0.3) is 60.9 Å². The summed E-state index contributed by atoms with van der Waals surface area (Å²) in [5.74, 6) is 0. The van der Waals surface area contributed by atoms with E-state index < -0.39 is 0 Å². The number of aromatic nitrogens is 1. The lowest BCUT2D eigenvalue weighted by Gasteiger charge is -2.29. The molecule has 10 rings (SSSR count). The molecule has 2 heteroatoms. The molecule has 0 amide bonds. The number of para-hydroxylation sites is 2. The molecule has 252 valence electrons. The van der Waals surface area contributed by atoms with Gasteiger partial charge in [0.1, 0.15) is 0 Å². The molecule has 0 N–H and O–H groups in total. The van der Waals surface area contributed by atoms with Crippen molar-refractivity contribution in [2.45, 2.75) is 19.3 Å². The van der Waals surface area contributed by atoms with Crippen LogP contribution in [0.3, 0.4) is 0 Å². The molecular weight excluding hydrogens is 641 g/mol. The van der Waals surface area contributed by atoms with E-state index in [0.717, 1.165) is 22.7 Å². The van der Waals surface area contributed by atoms with Crippen LogP contribution >= 0.6 is 0 Å². The molecule has 0 bridgehead atoms. The third-order valence-electron chi connectivity index (χ3n) is 11.1. The average molecular weight is 679 g/mol. The SMILES string of the molecule is CC1(C)c2ccccc2-c2cc(N(c3ccc(-c4ccccc4)cc3)c3ccc4c(c3)c3ccccc3n4-c3ccccc3)cc(-c3ccccc3)c21. The van der Waals surface area contributed by atoms with Gasteiger partial charge in [-0.3, -0.25) is 0 Å². The van der Waals surface area contributed by atoms with E-state index in [0.29, 0.717) is 0 Å². The van der Waals surface area contributed by atoms with Crippen LogP contribution in [-0.4, -0.2) is 4.57 Å². The number of nitrogens with zero attached hydrogens (tertiary/aromatic N) is 2. The standard InChI is InChI=1S/C51H38N2/c1-51(2)47-24-14-12-22-42(47)46-34-41(33-44(50(46)51)37-18-8-4-9-19-37)52(39-28-26-36(27-29-39)35-16-6-3-7-17-35)40-30-31-49-45(32-40)43-23-13-15-25-48(43)53(49)38-20-10-5-11-21-38/h3-34H,1-2H3. The van der Waals surface area contributed by atoms with Gasteiger partial charge in [-0.15, -0.1) is 0 Å². The average Bonchev–Trinajstić information content (AvgIpc) is 3.67. The van der Waals surface area contributed by atoms with E-state index in [1.54, 1.807) is 0 Å². The molecule has 0 saturated carbocycles. The molecule has 1 aromatic heterocycles. The predicted octanol–water partition coefficient (Wildman–Crippen LogP) is 13.9. The molecule has 1 aliphatic carbocycles. The Balaban J connectivity index is 1.24. The molecule has 9 aromatic rings. The van der Waals surface area contributed by atoms with Gasteiger partial charge in [0.25, 0.3) is 0 Å². The van der Waals surface area contributed by atoms with E-state index >= 15 is 0 Å². The van der Waals surface area contributed by atoms with Gasteiger partial charge in [0, 0.05) is 38.9 Å². The largest absolute Gasteiger partial charge is 0.310 e. The molecule has 0 atom stereocenters. The Morgan fingerprint density at radius 3 is 1.72 bits per heavy atom. The first-order valence-electron chi connectivity index (χ1n) is 18.4. The molecule has 53 heavy (non-hydrogen) atoms. The third kappa shape index (κ3) is 5.02. The predicted molar refractivity (Wildman–Crippen MR) is 224 cm³/mol. The Hall–Kier alpha value is -6.64. The molecule has 0 spiro atoms. The number of fused-ring (bicyclic) bond motifs is 6. The molecule has 8 aromatic carbocycles. The highest BCUT2D eigenvalue weighted by molar-refractivity contribution is 6.11. The number of benzene rings is 8. The van der Waals surface area contributed by atoms with Crippen LogP contribution in [0, 0.1) is 0 Å². The second-order valence-corrected chi connectivity index (χ2v) is 14.6. The Morgan fingerprint density at radius 2 is 0.962 bits per heavy atom. The highest BCUT2D eigenvalue weighted by Gasteiger charge is 2.38. The molecule has 0 aliphatic heterocycles. The monoisotopic (exact) mass is 678 g/mol. The number of hydrogen-bond acceptors (Lipinski definition) is 1. The van der Waals surface area contributed by atoms with Gasteiger partial charge in [-0.05, 0) is 105 Å². The lowest BCUT2D eigenvalue weighted by molar-refractivity contribution is 0.662. The first-order valence-corrected chi connectivity index (χ1v) is 18.4. The highest BCUT2D eigenvalue weighted by atomic mass is 15.1. The maximum Gasteiger partial charge on any atom is 0.0542 e. The van der Waals surface area contributed by atoms with Crippen molar-refractivity contribution in [3.8, 4) is 39.1 Å². The fraction of sp³-hybridized carbons (Fsp3) is 0.0588. The number of hydrogen-bond donors (Lipinski definition) is 0. The Bertz CT molecular complexity index is 2780. The lowest BCUT2D eigenvalue weighted by atomic mass is 9.78. The van der Waals surface area contributed by atoms with Crippen LogP contribution in [0.15, 0.2) is 194 Å². The topological polar surface area (TPSA) is 8.17 Å². The fourth-order valence-corrected chi connectivity index (χ4v) is 8.72. The van der Waals surface area contributed by atoms with E-state index in [2.05, 4.69) is 217 Å². The Kier molecular flexibility index (Phi) is 7.19. The zero-order chi connectivity index (χ0) is 35.5. The van der Waals surface area contributed by atoms with Crippen molar-refractivity contribution < 1.29 is 0 Å². The minimum atomic E-state index is -0.143. The quantitative estimate of drug-likeness (QED) is 0.170. The summed E-state index contributed by atoms with van der Waals surface area (Å²) < 4.78 is 2.38. The molecule has 0 radical (unpaired) electrons. The van der Waals surface area contributed by atoms with Crippen LogP contribution in [0.4, 0.5) is 17.1 Å². The summed E-state index contributed by atoms with van der Waals surface area (Å²) in [4.78, 5) is 2.45. The van der Waals surface area contributed by atoms with Gasteiger partial charge in [0.2, 0.25) is 0 Å². The minimum Gasteiger partial charge on any atom is -0.310 e. The van der Waals surface area contributed by atoms with E-state index in [-0.39, 0.29) is 5.41 Å². The van der Waals surface area contributed by atoms with Gasteiger partial charge in [-0.1, -0.05) is 147 Å². The summed E-state index contributed by atoms with van der Waals surface area (Å²) >= 11 is 0. The molecule has 0 saturated heterocycles. The summed E-state index contributed by atoms with van der Waals surface area (Å²) in [6.07, 6.45) is 0. The lowest BCUT2D eigenvalue weighted by Crippen LogP contribution is -2.17. The van der Waals surface area contributed by atoms with Crippen LogP contribution in [0.2, 0.25) is 0 Å². The van der Waals surface area contributed by atoms with Crippen molar-refractivity contribution >= 4 is 38.9 Å². The summed E-state index contributed by atoms with van der Waals surface area (Å²) in [5, 5.41) is 2.46. The van der Waals surface area contributed by atoms with E-state index in [1.165, 1.54) is 66.3 Å². The van der Waals surface area contributed by atoms with Crippen LogP contribution < -0.4 is 4.90 Å². The maximum absolute atomic E-state index is 2.45. The van der Waals surface area contributed by atoms with Crippen molar-refractivity contribution in [3.63, 3.8) is 0 Å². The van der Waals surface area contributed by atoms with E-state index in [4.69, 9.17) is 0 Å². The molecule has 1 aliphatic rings. The van der Waals surface area contributed by atoms with Crippen molar-refractivity contribution in [1.29, 1.82) is 0 Å². The van der Waals surface area contributed by atoms with E-state index in [9.17, 15) is 0 Å². The normalized spacial score (nSPS) is 12.9. The van der Waals surface area contributed by atoms with E-state index in [1.807, 2.05) is 0 Å². The second-order valence-electron chi connectivity index (χ2n) is 14.6. The van der Waals surface area contributed by atoms with Crippen molar-refractivity contribution in [2.24, 2.45) is 0 Å². The summed E-state index contributed by atoms with van der Waals surface area (Å²) in [6, 6.07) is 70.8. The van der Waals surface area contributed by atoms with Gasteiger partial charge in [-0.2, -0.15) is 0 Å². The summed E-state index contributed by atoms with van der Waals surface area (Å²) in [7, 11) is 0. The first kappa shape index (κ1) is 31.1. The zero-order valence-corrected chi connectivity index (χ0v) is 29.9. The van der Waals surface area contributed by atoms with Gasteiger partial charge in [-0.25, -0.2) is 0 Å². The number of rotatable bonds is 6. The third-order valence-corrected chi connectivity index (χ3v) is 11.1. The zero-order valence-electron chi connectivity index (χ0n) is 29.9. The maximum atomic E-state index is 2.45. The van der Waals surface area contributed by atoms with Gasteiger partial charge in [0.15, 0.2) is 0 Å². The summed E-state index contributed by atoms with van der Waals surface area (Å²) in [6.45, 7) is 4.75. The fourth-order valence-electron chi connectivity index (χ4n) is 8.72. The Labute approximate surface area is 310 Å². The highest BCUT2D eigenvalue weighted by Crippen LogP contribution is 2.54. The summed E-state index contributed by atoms with van der Waals surface area (Å²) in [5.41, 5.74) is 17.0. The van der Waals surface area contributed by atoms with Gasteiger partial charge >= 0.3 is 0 Å². The smallest absolute Gasteiger partial charge is 0.0542 e. The molecular formula is C51H38N2.